The number of hydrogen-bond donors (Lipinski definition) is 2. The lowest BCUT2D eigenvalue weighted by Crippen LogP contribution is -2.30. The fraction of sp³-hybridized carbons (Fsp3) is 0.100. The van der Waals surface area contributed by atoms with Gasteiger partial charge in [-0.1, -0.05) is 36.4 Å². The number of rotatable bonds is 5. The highest BCUT2D eigenvalue weighted by molar-refractivity contribution is 7.89. The van der Waals surface area contributed by atoms with E-state index in [0.29, 0.717) is 11.5 Å². The molecule has 0 saturated carbocycles. The van der Waals surface area contributed by atoms with Crippen LogP contribution in [0, 0.1) is 5.82 Å². The fourth-order valence-corrected chi connectivity index (χ4v) is 4.22. The quantitative estimate of drug-likeness (QED) is 0.685. The van der Waals surface area contributed by atoms with E-state index in [1.54, 1.807) is 24.3 Å². The minimum absolute atomic E-state index is 0.0155. The summed E-state index contributed by atoms with van der Waals surface area (Å²) in [6.07, 6.45) is 0. The van der Waals surface area contributed by atoms with Crippen LogP contribution in [-0.2, 0) is 10.0 Å². The van der Waals surface area contributed by atoms with E-state index in [1.165, 1.54) is 42.5 Å². The number of nitrogens with one attached hydrogen (secondary N) is 1. The number of hydrogen-bond acceptors (Lipinski definition) is 5. The third-order valence-electron chi connectivity index (χ3n) is 4.38. The molecule has 0 saturated heterocycles. The van der Waals surface area contributed by atoms with Gasteiger partial charge in [0.2, 0.25) is 16.8 Å². The van der Waals surface area contributed by atoms with Gasteiger partial charge in [-0.3, -0.25) is 0 Å². The Bertz CT molecular complexity index is 1120. The molecule has 2 N–H and O–H groups in total. The van der Waals surface area contributed by atoms with E-state index in [9.17, 15) is 17.9 Å². The minimum atomic E-state index is -4.00. The Morgan fingerprint density at radius 2 is 1.57 bits per heavy atom. The maximum atomic E-state index is 14.5. The molecule has 0 fully saturated rings. The van der Waals surface area contributed by atoms with Gasteiger partial charge in [-0.15, -0.1) is 0 Å². The summed E-state index contributed by atoms with van der Waals surface area (Å²) in [6, 6.07) is 15.1. The van der Waals surface area contributed by atoms with Crippen LogP contribution in [0.5, 0.6) is 17.2 Å². The molecule has 3 aromatic rings. The van der Waals surface area contributed by atoms with Gasteiger partial charge in [0.05, 0.1) is 10.9 Å². The number of phenolic OH excluding ortho intramolecular Hbond substituents is 1. The highest BCUT2D eigenvalue weighted by atomic mass is 32.2. The van der Waals surface area contributed by atoms with Gasteiger partial charge in [0.15, 0.2) is 11.5 Å². The molecule has 28 heavy (non-hydrogen) atoms. The molecule has 1 atom stereocenters. The molecule has 0 spiro atoms. The zero-order valence-electron chi connectivity index (χ0n) is 14.5. The predicted molar refractivity (Wildman–Crippen MR) is 99.2 cm³/mol. The second kappa shape index (κ2) is 7.14. The fourth-order valence-electron chi connectivity index (χ4n) is 3.00. The van der Waals surface area contributed by atoms with E-state index in [-0.39, 0.29) is 28.6 Å². The summed E-state index contributed by atoms with van der Waals surface area (Å²) >= 11 is 0. The van der Waals surface area contributed by atoms with Crippen LogP contribution in [0.15, 0.2) is 71.6 Å². The molecule has 0 bridgehead atoms. The maximum absolute atomic E-state index is 14.5. The van der Waals surface area contributed by atoms with Crippen LogP contribution in [0.25, 0.3) is 0 Å². The average Bonchev–Trinajstić information content (AvgIpc) is 3.14. The van der Waals surface area contributed by atoms with Gasteiger partial charge in [0.1, 0.15) is 11.6 Å². The van der Waals surface area contributed by atoms with Gasteiger partial charge in [-0.25, -0.2) is 12.8 Å². The number of halogens is 1. The number of ether oxygens (including phenoxy) is 2. The van der Waals surface area contributed by atoms with E-state index in [2.05, 4.69) is 4.72 Å². The van der Waals surface area contributed by atoms with Crippen molar-refractivity contribution in [2.75, 3.05) is 6.79 Å². The van der Waals surface area contributed by atoms with Crippen molar-refractivity contribution >= 4 is 10.0 Å². The monoisotopic (exact) mass is 401 g/mol. The van der Waals surface area contributed by atoms with Crippen LogP contribution in [0.1, 0.15) is 17.2 Å². The van der Waals surface area contributed by atoms with Crippen molar-refractivity contribution in [1.29, 1.82) is 0 Å². The molecule has 1 aliphatic rings. The Balaban J connectivity index is 1.84. The zero-order valence-corrected chi connectivity index (χ0v) is 15.3. The van der Waals surface area contributed by atoms with Gasteiger partial charge in [-0.05, 0) is 24.3 Å². The Morgan fingerprint density at radius 1 is 0.929 bits per heavy atom. The predicted octanol–water partition coefficient (Wildman–Crippen LogP) is 3.33. The van der Waals surface area contributed by atoms with Crippen LogP contribution in [0.2, 0.25) is 0 Å². The third-order valence-corrected chi connectivity index (χ3v) is 5.81. The van der Waals surface area contributed by atoms with Crippen molar-refractivity contribution in [2.45, 2.75) is 10.9 Å². The Kier molecular flexibility index (Phi) is 4.66. The highest BCUT2D eigenvalue weighted by Gasteiger charge is 2.29. The van der Waals surface area contributed by atoms with Gasteiger partial charge >= 0.3 is 0 Å². The number of phenols is 1. The van der Waals surface area contributed by atoms with E-state index >= 15 is 0 Å². The number of sulfonamides is 1. The summed E-state index contributed by atoms with van der Waals surface area (Å²) in [6.45, 7) is -0.0155. The summed E-state index contributed by atoms with van der Waals surface area (Å²) in [4.78, 5) is 0.0246. The number of aromatic hydroxyl groups is 1. The smallest absolute Gasteiger partial charge is 0.241 e. The third kappa shape index (κ3) is 3.39. The highest BCUT2D eigenvalue weighted by Crippen LogP contribution is 2.42. The van der Waals surface area contributed by atoms with Crippen LogP contribution in [0.4, 0.5) is 4.39 Å². The second-order valence-electron chi connectivity index (χ2n) is 6.15. The first-order chi connectivity index (χ1) is 13.5. The average molecular weight is 401 g/mol. The molecule has 1 heterocycles. The Labute approximate surface area is 161 Å². The lowest BCUT2D eigenvalue weighted by atomic mass is 9.98. The van der Waals surface area contributed by atoms with E-state index < -0.39 is 21.9 Å². The number of fused-ring (bicyclic) bond motifs is 1. The van der Waals surface area contributed by atoms with Crippen LogP contribution in [-0.4, -0.2) is 20.3 Å². The van der Waals surface area contributed by atoms with E-state index in [4.69, 9.17) is 9.47 Å². The summed E-state index contributed by atoms with van der Waals surface area (Å²) in [5, 5.41) is 10.5. The van der Waals surface area contributed by atoms with Crippen molar-refractivity contribution < 1.29 is 27.4 Å². The molecule has 4 rings (SSSR count). The molecule has 0 radical (unpaired) electrons. The standard InChI is InChI=1S/C20H16FNO5S/c21-16-9-5-4-8-14(16)20(22-28(24,25)13-6-2-1-3-7-13)15-10-18-19(11-17(15)23)27-12-26-18/h1-11,20,22-23H,12H2. The first-order valence-electron chi connectivity index (χ1n) is 8.40. The molecular formula is C20H16FNO5S. The summed E-state index contributed by atoms with van der Waals surface area (Å²) in [5.74, 6) is -0.180. The topological polar surface area (TPSA) is 84.9 Å². The minimum Gasteiger partial charge on any atom is -0.507 e. The van der Waals surface area contributed by atoms with Crippen molar-refractivity contribution in [3.63, 3.8) is 0 Å². The van der Waals surface area contributed by atoms with Crippen LogP contribution >= 0.6 is 0 Å². The van der Waals surface area contributed by atoms with Crippen molar-refractivity contribution in [1.82, 2.24) is 4.72 Å². The van der Waals surface area contributed by atoms with Crippen molar-refractivity contribution in [3.05, 3.63) is 83.7 Å². The van der Waals surface area contributed by atoms with Crippen molar-refractivity contribution in [3.8, 4) is 17.2 Å². The molecule has 0 amide bonds. The normalized spacial score (nSPS) is 14.0. The summed E-state index contributed by atoms with van der Waals surface area (Å²) in [7, 11) is -4.00. The van der Waals surface area contributed by atoms with E-state index in [0.717, 1.165) is 0 Å². The van der Waals surface area contributed by atoms with Crippen LogP contribution < -0.4 is 14.2 Å². The van der Waals surface area contributed by atoms with E-state index in [1.807, 2.05) is 0 Å². The van der Waals surface area contributed by atoms with Crippen molar-refractivity contribution in [2.24, 2.45) is 0 Å². The summed E-state index contributed by atoms with van der Waals surface area (Å²) in [5.41, 5.74) is 0.213. The molecule has 0 aromatic heterocycles. The maximum Gasteiger partial charge on any atom is 0.241 e. The van der Waals surface area contributed by atoms with Gasteiger partial charge in [0, 0.05) is 17.2 Å². The zero-order chi connectivity index (χ0) is 19.7. The van der Waals surface area contributed by atoms with Crippen LogP contribution in [0.3, 0.4) is 0 Å². The lowest BCUT2D eigenvalue weighted by molar-refractivity contribution is 0.174. The van der Waals surface area contributed by atoms with Gasteiger partial charge < -0.3 is 14.6 Å². The SMILES string of the molecule is O=S(=O)(NC(c1cc2c(cc1O)OCO2)c1ccccc1F)c1ccccc1. The molecule has 1 unspecified atom stereocenters. The largest absolute Gasteiger partial charge is 0.507 e. The van der Waals surface area contributed by atoms with Gasteiger partial charge in [0.25, 0.3) is 0 Å². The Morgan fingerprint density at radius 3 is 2.29 bits per heavy atom. The molecule has 8 heteroatoms. The molecule has 3 aromatic carbocycles. The first-order valence-corrected chi connectivity index (χ1v) is 9.88. The molecule has 0 aliphatic carbocycles. The molecule has 144 valence electrons. The lowest BCUT2D eigenvalue weighted by Gasteiger charge is -2.21. The summed E-state index contributed by atoms with van der Waals surface area (Å²) < 4.78 is 53.3. The molecule has 6 nitrogen and oxygen atoms in total. The number of benzene rings is 3. The van der Waals surface area contributed by atoms with Gasteiger partial charge in [-0.2, -0.15) is 4.72 Å². The molecule has 1 aliphatic heterocycles. The Hall–Kier alpha value is -3.10. The molecular weight excluding hydrogens is 385 g/mol. The first kappa shape index (κ1) is 18.3. The second-order valence-corrected chi connectivity index (χ2v) is 7.87.